The van der Waals surface area contributed by atoms with Crippen molar-refractivity contribution in [1.82, 2.24) is 14.9 Å². The lowest BCUT2D eigenvalue weighted by Crippen LogP contribution is -2.32. The Morgan fingerprint density at radius 1 is 1.48 bits per heavy atom. The summed E-state index contributed by atoms with van der Waals surface area (Å²) >= 11 is 0. The van der Waals surface area contributed by atoms with Crippen LogP contribution in [0.25, 0.3) is 0 Å². The average Bonchev–Trinajstić information content (AvgIpc) is 2.88. The maximum Gasteiger partial charge on any atom is 0.406 e. The number of nitrogens with one attached hydrogen (secondary N) is 1. The standard InChI is InChI=1S/C15H22F3N3O2/c1-11-3-2-4-12(7-11)23-9-14(22)20-8-13-19-5-6-21(13)10-15(16,17)18/h5-6,11-12H,2-4,7-10H2,1H3,(H,20,22). The molecule has 2 unspecified atom stereocenters. The monoisotopic (exact) mass is 333 g/mol. The van der Waals surface area contributed by atoms with Gasteiger partial charge in [-0.2, -0.15) is 13.2 Å². The van der Waals surface area contributed by atoms with Crippen LogP contribution in [-0.4, -0.2) is 34.3 Å². The fourth-order valence-electron chi connectivity index (χ4n) is 2.80. The van der Waals surface area contributed by atoms with Gasteiger partial charge in [0.1, 0.15) is 19.0 Å². The van der Waals surface area contributed by atoms with Gasteiger partial charge in [-0.25, -0.2) is 4.98 Å². The highest BCUT2D eigenvalue weighted by molar-refractivity contribution is 5.77. The quantitative estimate of drug-likeness (QED) is 0.871. The number of rotatable bonds is 6. The molecular weight excluding hydrogens is 311 g/mol. The number of hydrogen-bond donors (Lipinski definition) is 1. The van der Waals surface area contributed by atoms with E-state index in [1.165, 1.54) is 18.8 Å². The Labute approximate surface area is 133 Å². The molecule has 1 saturated carbocycles. The Morgan fingerprint density at radius 2 is 2.26 bits per heavy atom. The molecule has 0 bridgehead atoms. The van der Waals surface area contributed by atoms with Gasteiger partial charge >= 0.3 is 6.18 Å². The average molecular weight is 333 g/mol. The van der Waals surface area contributed by atoms with Crippen LogP contribution in [-0.2, 0) is 22.6 Å². The fourth-order valence-corrected chi connectivity index (χ4v) is 2.80. The van der Waals surface area contributed by atoms with Gasteiger partial charge in [-0.05, 0) is 18.8 Å². The lowest BCUT2D eigenvalue weighted by Gasteiger charge is -2.26. The van der Waals surface area contributed by atoms with E-state index in [9.17, 15) is 18.0 Å². The lowest BCUT2D eigenvalue weighted by molar-refractivity contribution is -0.141. The van der Waals surface area contributed by atoms with Crippen LogP contribution in [0.3, 0.4) is 0 Å². The third-order valence-electron chi connectivity index (χ3n) is 3.93. The molecular formula is C15H22F3N3O2. The highest BCUT2D eigenvalue weighted by atomic mass is 19.4. The highest BCUT2D eigenvalue weighted by Crippen LogP contribution is 2.25. The van der Waals surface area contributed by atoms with Gasteiger partial charge in [0, 0.05) is 12.4 Å². The first-order valence-corrected chi connectivity index (χ1v) is 7.78. The number of hydrogen-bond acceptors (Lipinski definition) is 3. The molecule has 130 valence electrons. The fraction of sp³-hybridized carbons (Fsp3) is 0.733. The van der Waals surface area contributed by atoms with Crippen LogP contribution < -0.4 is 5.32 Å². The van der Waals surface area contributed by atoms with Crippen LogP contribution in [0, 0.1) is 5.92 Å². The van der Waals surface area contributed by atoms with Gasteiger partial charge in [-0.3, -0.25) is 4.79 Å². The van der Waals surface area contributed by atoms with E-state index in [-0.39, 0.29) is 31.0 Å². The zero-order valence-corrected chi connectivity index (χ0v) is 13.1. The van der Waals surface area contributed by atoms with Crippen molar-refractivity contribution in [3.8, 4) is 0 Å². The normalized spacial score (nSPS) is 22.1. The van der Waals surface area contributed by atoms with Gasteiger partial charge in [-0.1, -0.05) is 19.8 Å². The Balaban J connectivity index is 1.73. The number of alkyl halides is 3. The Bertz CT molecular complexity index is 516. The van der Waals surface area contributed by atoms with E-state index in [0.717, 1.165) is 23.8 Å². The molecule has 0 aliphatic heterocycles. The lowest BCUT2D eigenvalue weighted by atomic mass is 9.89. The smallest absolute Gasteiger partial charge is 0.368 e. The Hall–Kier alpha value is -1.57. The van der Waals surface area contributed by atoms with Crippen LogP contribution in [0.2, 0.25) is 0 Å². The van der Waals surface area contributed by atoms with E-state index in [0.29, 0.717) is 5.92 Å². The molecule has 23 heavy (non-hydrogen) atoms. The summed E-state index contributed by atoms with van der Waals surface area (Å²) in [5, 5.41) is 2.55. The molecule has 0 saturated heterocycles. The first-order chi connectivity index (χ1) is 10.8. The molecule has 1 aromatic heterocycles. The van der Waals surface area contributed by atoms with Crippen LogP contribution in [0.1, 0.15) is 38.4 Å². The summed E-state index contributed by atoms with van der Waals surface area (Å²) in [6.07, 6.45) is 2.49. The summed E-state index contributed by atoms with van der Waals surface area (Å²) in [6, 6.07) is 0. The molecule has 0 radical (unpaired) electrons. The SMILES string of the molecule is CC1CCCC(OCC(=O)NCc2nccn2CC(F)(F)F)C1. The molecule has 1 heterocycles. The summed E-state index contributed by atoms with van der Waals surface area (Å²) in [5.41, 5.74) is 0. The van der Waals surface area contributed by atoms with Crippen molar-refractivity contribution in [3.05, 3.63) is 18.2 Å². The largest absolute Gasteiger partial charge is 0.406 e. The zero-order valence-electron chi connectivity index (χ0n) is 13.1. The first kappa shape index (κ1) is 17.8. The second kappa shape index (κ2) is 7.81. The zero-order chi connectivity index (χ0) is 16.9. The van der Waals surface area contributed by atoms with Gasteiger partial charge in [-0.15, -0.1) is 0 Å². The van der Waals surface area contributed by atoms with Crippen molar-refractivity contribution >= 4 is 5.91 Å². The molecule has 1 aliphatic rings. The second-order valence-electron chi connectivity index (χ2n) is 6.07. The van der Waals surface area contributed by atoms with E-state index in [1.54, 1.807) is 0 Å². The number of halogens is 3. The molecule has 1 aromatic rings. The number of imidazole rings is 1. The molecule has 1 aliphatic carbocycles. The molecule has 1 amide bonds. The molecule has 2 atom stereocenters. The summed E-state index contributed by atoms with van der Waals surface area (Å²) in [4.78, 5) is 15.6. The Kier molecular flexibility index (Phi) is 6.04. The van der Waals surface area contributed by atoms with E-state index in [1.807, 2.05) is 0 Å². The minimum absolute atomic E-state index is 0.0493. The van der Waals surface area contributed by atoms with Gasteiger partial charge in [0.25, 0.3) is 0 Å². The summed E-state index contributed by atoms with van der Waals surface area (Å²) < 4.78 is 43.8. The van der Waals surface area contributed by atoms with Crippen molar-refractivity contribution < 1.29 is 22.7 Å². The van der Waals surface area contributed by atoms with Gasteiger partial charge in [0.2, 0.25) is 5.91 Å². The summed E-state index contributed by atoms with van der Waals surface area (Å²) in [6.45, 7) is 0.925. The van der Waals surface area contributed by atoms with Crippen LogP contribution in [0.4, 0.5) is 13.2 Å². The topological polar surface area (TPSA) is 56.1 Å². The molecule has 0 spiro atoms. The molecule has 2 rings (SSSR count). The van der Waals surface area contributed by atoms with E-state index >= 15 is 0 Å². The highest BCUT2D eigenvalue weighted by Gasteiger charge is 2.28. The van der Waals surface area contributed by atoms with Crippen molar-refractivity contribution in [2.75, 3.05) is 6.61 Å². The molecule has 8 heteroatoms. The summed E-state index contributed by atoms with van der Waals surface area (Å²) in [7, 11) is 0. The minimum atomic E-state index is -4.32. The van der Waals surface area contributed by atoms with Gasteiger partial charge in [0.15, 0.2) is 0 Å². The second-order valence-corrected chi connectivity index (χ2v) is 6.07. The van der Waals surface area contributed by atoms with Crippen LogP contribution in [0.5, 0.6) is 0 Å². The predicted octanol–water partition coefficient (Wildman–Crippen LogP) is 2.66. The van der Waals surface area contributed by atoms with E-state index in [4.69, 9.17) is 4.74 Å². The maximum atomic E-state index is 12.4. The molecule has 1 fully saturated rings. The number of amides is 1. The van der Waals surface area contributed by atoms with Crippen LogP contribution in [0.15, 0.2) is 12.4 Å². The number of aromatic nitrogens is 2. The molecule has 5 nitrogen and oxygen atoms in total. The molecule has 1 N–H and O–H groups in total. The van der Waals surface area contributed by atoms with Crippen molar-refractivity contribution in [1.29, 1.82) is 0 Å². The number of carbonyl (C=O) groups is 1. The van der Waals surface area contributed by atoms with Gasteiger partial charge < -0.3 is 14.6 Å². The predicted molar refractivity (Wildman–Crippen MR) is 77.5 cm³/mol. The van der Waals surface area contributed by atoms with E-state index in [2.05, 4.69) is 17.2 Å². The number of carbonyl (C=O) groups excluding carboxylic acids is 1. The summed E-state index contributed by atoms with van der Waals surface area (Å²) in [5.74, 6) is 0.429. The third-order valence-corrected chi connectivity index (χ3v) is 3.93. The Morgan fingerprint density at radius 3 is 2.96 bits per heavy atom. The number of nitrogens with zero attached hydrogens (tertiary/aromatic N) is 2. The van der Waals surface area contributed by atoms with Crippen molar-refractivity contribution in [2.45, 2.75) is 58.0 Å². The maximum absolute atomic E-state index is 12.4. The van der Waals surface area contributed by atoms with Crippen LogP contribution >= 0.6 is 0 Å². The van der Waals surface area contributed by atoms with E-state index < -0.39 is 12.7 Å². The van der Waals surface area contributed by atoms with Crippen molar-refractivity contribution in [3.63, 3.8) is 0 Å². The minimum Gasteiger partial charge on any atom is -0.368 e. The van der Waals surface area contributed by atoms with Gasteiger partial charge in [0.05, 0.1) is 12.6 Å². The third kappa shape index (κ3) is 6.21. The van der Waals surface area contributed by atoms with Crippen molar-refractivity contribution in [2.24, 2.45) is 5.92 Å². The number of ether oxygens (including phenoxy) is 1. The molecule has 0 aromatic carbocycles. The first-order valence-electron chi connectivity index (χ1n) is 7.78.